The van der Waals surface area contributed by atoms with Crippen LogP contribution in [0.4, 0.5) is 41.1 Å². The van der Waals surface area contributed by atoms with Gasteiger partial charge in [-0.25, -0.2) is 27.8 Å². The first-order valence-corrected chi connectivity index (χ1v) is 9.28. The summed E-state index contributed by atoms with van der Waals surface area (Å²) in [5.74, 6) is -2.46. The molecule has 1 atom stereocenters. The Morgan fingerprint density at radius 1 is 1.13 bits per heavy atom. The van der Waals surface area contributed by atoms with E-state index in [-0.39, 0.29) is 29.2 Å². The van der Waals surface area contributed by atoms with E-state index in [0.29, 0.717) is 6.61 Å². The Bertz CT molecular complexity index is 1050. The highest BCUT2D eigenvalue weighted by atomic mass is 19.2. The number of halogens is 3. The first-order chi connectivity index (χ1) is 14.9. The van der Waals surface area contributed by atoms with Crippen LogP contribution in [-0.4, -0.2) is 35.8 Å². The number of ether oxygens (including phenoxy) is 1. The van der Waals surface area contributed by atoms with Gasteiger partial charge >= 0.3 is 6.03 Å². The van der Waals surface area contributed by atoms with Gasteiger partial charge in [-0.3, -0.25) is 0 Å². The lowest BCUT2D eigenvalue weighted by atomic mass is 10.2. The van der Waals surface area contributed by atoms with Crippen LogP contribution in [0.5, 0.6) is 0 Å². The number of nitrogens with one attached hydrogen (secondary N) is 2. The van der Waals surface area contributed by atoms with Crippen molar-refractivity contribution in [1.82, 2.24) is 9.97 Å². The molecule has 0 aliphatic carbocycles. The minimum atomic E-state index is -1.20. The van der Waals surface area contributed by atoms with Crippen molar-refractivity contribution in [3.8, 4) is 0 Å². The van der Waals surface area contributed by atoms with Gasteiger partial charge in [-0.15, -0.1) is 0 Å². The number of aromatic nitrogens is 2. The van der Waals surface area contributed by atoms with Gasteiger partial charge < -0.3 is 15.4 Å². The summed E-state index contributed by atoms with van der Waals surface area (Å²) in [7, 11) is 1.56. The molecule has 0 bridgehead atoms. The number of anilines is 4. The lowest BCUT2D eigenvalue weighted by Gasteiger charge is -2.23. The van der Waals surface area contributed by atoms with Gasteiger partial charge in [0.2, 0.25) is 5.95 Å². The second kappa shape index (κ2) is 9.90. The maximum absolute atomic E-state index is 14.1. The molecule has 2 N–H and O–H groups in total. The standard InChI is InChI=1S/C21H20F3N5O2/c1-13(12-31-2)26-20-25-11-10-18(28-20)29(15-8-6-14(22)7-9-15)21(30)27-17-5-3-4-16(23)19(17)24/h3-11,13H,12H2,1-2H3,(H,27,30)(H,25,26,28). The number of nitrogens with zero attached hydrogens (tertiary/aromatic N) is 3. The van der Waals surface area contributed by atoms with Gasteiger partial charge in [0.1, 0.15) is 11.6 Å². The van der Waals surface area contributed by atoms with Crippen molar-refractivity contribution in [2.75, 3.05) is 29.3 Å². The normalized spacial score (nSPS) is 11.6. The molecule has 1 unspecified atom stereocenters. The zero-order valence-electron chi connectivity index (χ0n) is 16.8. The Labute approximate surface area is 176 Å². The van der Waals surface area contributed by atoms with Crippen LogP contribution in [0.1, 0.15) is 6.92 Å². The minimum Gasteiger partial charge on any atom is -0.383 e. The Balaban J connectivity index is 1.96. The van der Waals surface area contributed by atoms with E-state index in [4.69, 9.17) is 4.74 Å². The Morgan fingerprint density at radius 3 is 2.58 bits per heavy atom. The summed E-state index contributed by atoms with van der Waals surface area (Å²) in [6.45, 7) is 2.26. The topological polar surface area (TPSA) is 79.4 Å². The molecule has 0 saturated carbocycles. The first-order valence-electron chi connectivity index (χ1n) is 9.28. The number of hydrogen-bond acceptors (Lipinski definition) is 5. The van der Waals surface area contributed by atoms with Crippen molar-refractivity contribution in [2.45, 2.75) is 13.0 Å². The second-order valence-corrected chi connectivity index (χ2v) is 6.58. The molecule has 1 heterocycles. The second-order valence-electron chi connectivity index (χ2n) is 6.58. The molecule has 10 heteroatoms. The molecule has 7 nitrogen and oxygen atoms in total. The van der Waals surface area contributed by atoms with E-state index in [9.17, 15) is 18.0 Å². The molecule has 0 saturated heterocycles. The summed E-state index contributed by atoms with van der Waals surface area (Å²) in [6, 6.07) is 8.99. The van der Waals surface area contributed by atoms with E-state index in [1.807, 2.05) is 6.92 Å². The number of urea groups is 1. The highest BCUT2D eigenvalue weighted by Crippen LogP contribution is 2.27. The number of rotatable bonds is 7. The van der Waals surface area contributed by atoms with Crippen molar-refractivity contribution in [3.05, 3.63) is 72.2 Å². The lowest BCUT2D eigenvalue weighted by Crippen LogP contribution is -2.32. The Hall–Kier alpha value is -3.66. The smallest absolute Gasteiger partial charge is 0.332 e. The molecule has 0 spiro atoms. The van der Waals surface area contributed by atoms with Gasteiger partial charge in [-0.05, 0) is 43.3 Å². The highest BCUT2D eigenvalue weighted by molar-refractivity contribution is 6.06. The van der Waals surface area contributed by atoms with Gasteiger partial charge in [-0.2, -0.15) is 4.98 Å². The molecule has 0 fully saturated rings. The minimum absolute atomic E-state index is 0.116. The fraction of sp³-hybridized carbons (Fsp3) is 0.190. The van der Waals surface area contributed by atoms with Crippen LogP contribution >= 0.6 is 0 Å². The maximum atomic E-state index is 14.1. The third-order valence-corrected chi connectivity index (χ3v) is 4.14. The monoisotopic (exact) mass is 431 g/mol. The number of hydrogen-bond donors (Lipinski definition) is 2. The van der Waals surface area contributed by atoms with E-state index in [1.54, 1.807) is 7.11 Å². The van der Waals surface area contributed by atoms with Crippen LogP contribution in [-0.2, 0) is 4.74 Å². The molecule has 0 radical (unpaired) electrons. The maximum Gasteiger partial charge on any atom is 0.332 e. The average Bonchev–Trinajstić information content (AvgIpc) is 2.73. The van der Waals surface area contributed by atoms with Crippen LogP contribution in [0, 0.1) is 17.5 Å². The predicted octanol–water partition coefficient (Wildman–Crippen LogP) is 4.71. The van der Waals surface area contributed by atoms with Crippen molar-refractivity contribution >= 4 is 29.2 Å². The SMILES string of the molecule is COCC(C)Nc1nccc(N(C(=O)Nc2cccc(F)c2F)c2ccc(F)cc2)n1. The van der Waals surface area contributed by atoms with Crippen LogP contribution in [0.15, 0.2) is 54.7 Å². The van der Waals surface area contributed by atoms with Crippen LogP contribution in [0.3, 0.4) is 0 Å². The summed E-state index contributed by atoms with van der Waals surface area (Å²) in [4.78, 5) is 22.6. The van der Waals surface area contributed by atoms with E-state index >= 15 is 0 Å². The average molecular weight is 431 g/mol. The van der Waals surface area contributed by atoms with Crippen molar-refractivity contribution in [1.29, 1.82) is 0 Å². The van der Waals surface area contributed by atoms with Gasteiger partial charge in [-0.1, -0.05) is 6.07 Å². The summed E-state index contributed by atoms with van der Waals surface area (Å²) in [6.07, 6.45) is 1.43. The number of carbonyl (C=O) groups excluding carboxylic acids is 1. The third kappa shape index (κ3) is 5.48. The number of carbonyl (C=O) groups is 1. The first kappa shape index (κ1) is 22.0. The predicted molar refractivity (Wildman–Crippen MR) is 111 cm³/mol. The number of benzene rings is 2. The third-order valence-electron chi connectivity index (χ3n) is 4.14. The largest absolute Gasteiger partial charge is 0.383 e. The van der Waals surface area contributed by atoms with Gasteiger partial charge in [0.05, 0.1) is 18.0 Å². The molecule has 31 heavy (non-hydrogen) atoms. The molecule has 3 rings (SSSR count). The lowest BCUT2D eigenvalue weighted by molar-refractivity contribution is 0.190. The molecule has 1 aromatic heterocycles. The van der Waals surface area contributed by atoms with E-state index in [1.165, 1.54) is 48.7 Å². The van der Waals surface area contributed by atoms with Crippen LogP contribution in [0.2, 0.25) is 0 Å². The molecule has 162 valence electrons. The zero-order valence-corrected chi connectivity index (χ0v) is 16.8. The van der Waals surface area contributed by atoms with E-state index in [2.05, 4.69) is 20.6 Å². The molecule has 2 aromatic carbocycles. The molecular formula is C21H20F3N5O2. The number of methoxy groups -OCH3 is 1. The molecule has 3 aromatic rings. The fourth-order valence-corrected chi connectivity index (χ4v) is 2.77. The van der Waals surface area contributed by atoms with Crippen molar-refractivity contribution in [2.24, 2.45) is 0 Å². The van der Waals surface area contributed by atoms with Gasteiger partial charge in [0, 0.05) is 25.4 Å². The fourth-order valence-electron chi connectivity index (χ4n) is 2.77. The van der Waals surface area contributed by atoms with Crippen LogP contribution < -0.4 is 15.5 Å². The summed E-state index contributed by atoms with van der Waals surface area (Å²) < 4.78 is 46.1. The summed E-state index contributed by atoms with van der Waals surface area (Å²) >= 11 is 0. The van der Waals surface area contributed by atoms with Gasteiger partial charge in [0.25, 0.3) is 0 Å². The quantitative estimate of drug-likeness (QED) is 0.566. The Kier molecular flexibility index (Phi) is 7.03. The zero-order chi connectivity index (χ0) is 22.4. The molecular weight excluding hydrogens is 411 g/mol. The van der Waals surface area contributed by atoms with Crippen molar-refractivity contribution in [3.63, 3.8) is 0 Å². The summed E-state index contributed by atoms with van der Waals surface area (Å²) in [5.41, 5.74) is -0.0939. The van der Waals surface area contributed by atoms with Gasteiger partial charge in [0.15, 0.2) is 11.6 Å². The van der Waals surface area contributed by atoms with Crippen LogP contribution in [0.25, 0.3) is 0 Å². The Morgan fingerprint density at radius 2 is 1.87 bits per heavy atom. The van der Waals surface area contributed by atoms with E-state index < -0.39 is 23.5 Å². The molecule has 2 amide bonds. The number of amides is 2. The summed E-state index contributed by atoms with van der Waals surface area (Å²) in [5, 5.41) is 5.35. The molecule has 0 aliphatic rings. The van der Waals surface area contributed by atoms with Crippen molar-refractivity contribution < 1.29 is 22.7 Å². The van der Waals surface area contributed by atoms with E-state index in [0.717, 1.165) is 11.0 Å². The molecule has 0 aliphatic heterocycles. The highest BCUT2D eigenvalue weighted by Gasteiger charge is 2.22.